The Labute approximate surface area is 209 Å². The minimum atomic E-state index is -0.512. The highest BCUT2D eigenvalue weighted by Gasteiger charge is 2.46. The van der Waals surface area contributed by atoms with Crippen LogP contribution in [0.3, 0.4) is 0 Å². The Morgan fingerprint density at radius 3 is 2.64 bits per heavy atom. The second-order valence-electron chi connectivity index (χ2n) is 9.82. The van der Waals surface area contributed by atoms with Crippen molar-refractivity contribution < 1.29 is 33.6 Å². The van der Waals surface area contributed by atoms with E-state index in [-0.39, 0.29) is 43.3 Å². The summed E-state index contributed by atoms with van der Waals surface area (Å²) in [5.41, 5.74) is 2.07. The number of carbonyl (C=O) groups is 2. The fourth-order valence-electron chi connectivity index (χ4n) is 5.68. The molecular formula is C27H30N2O7. The van der Waals surface area contributed by atoms with Crippen LogP contribution in [-0.2, 0) is 9.53 Å². The number of fused-ring (bicyclic) bond motifs is 4. The van der Waals surface area contributed by atoms with Crippen molar-refractivity contribution in [3.05, 3.63) is 47.5 Å². The quantitative estimate of drug-likeness (QED) is 0.658. The van der Waals surface area contributed by atoms with Crippen molar-refractivity contribution in [1.29, 1.82) is 0 Å². The minimum absolute atomic E-state index is 0.0348. The molecule has 0 aliphatic carbocycles. The van der Waals surface area contributed by atoms with E-state index in [4.69, 9.17) is 18.9 Å². The molecule has 9 heteroatoms. The summed E-state index contributed by atoms with van der Waals surface area (Å²) >= 11 is 0. The van der Waals surface area contributed by atoms with Gasteiger partial charge in [-0.2, -0.15) is 0 Å². The molecule has 0 saturated carbocycles. The number of amides is 2. The molecule has 190 valence electrons. The lowest BCUT2D eigenvalue weighted by Crippen LogP contribution is -2.48. The van der Waals surface area contributed by atoms with Gasteiger partial charge in [0.25, 0.3) is 5.91 Å². The van der Waals surface area contributed by atoms with E-state index in [0.717, 1.165) is 37.2 Å². The first-order valence-electron chi connectivity index (χ1n) is 12.6. The number of ether oxygens (including phenoxy) is 4. The van der Waals surface area contributed by atoms with Crippen LogP contribution in [0.4, 0.5) is 5.69 Å². The topological polar surface area (TPSA) is 107 Å². The lowest BCUT2D eigenvalue weighted by Gasteiger charge is -2.38. The molecule has 0 bridgehead atoms. The Bertz CT molecular complexity index is 1160. The molecule has 2 aromatic rings. The molecule has 36 heavy (non-hydrogen) atoms. The van der Waals surface area contributed by atoms with Crippen molar-refractivity contribution in [2.24, 2.45) is 0 Å². The first-order chi connectivity index (χ1) is 17.6. The van der Waals surface area contributed by atoms with Crippen molar-refractivity contribution in [1.82, 2.24) is 4.90 Å². The smallest absolute Gasteiger partial charge is 0.255 e. The second kappa shape index (κ2) is 9.63. The summed E-state index contributed by atoms with van der Waals surface area (Å²) in [5, 5.41) is 13.0. The molecule has 2 saturated heterocycles. The zero-order valence-electron chi connectivity index (χ0n) is 20.0. The molecule has 9 nitrogen and oxygen atoms in total. The Balaban J connectivity index is 1.17. The summed E-state index contributed by atoms with van der Waals surface area (Å²) in [4.78, 5) is 27.7. The summed E-state index contributed by atoms with van der Waals surface area (Å²) in [6.45, 7) is 1.58. The fraction of sp³-hybridized carbons (Fsp3) is 0.481. The zero-order chi connectivity index (χ0) is 24.6. The molecule has 2 fully saturated rings. The van der Waals surface area contributed by atoms with Gasteiger partial charge < -0.3 is 34.3 Å². The maximum Gasteiger partial charge on any atom is 0.255 e. The van der Waals surface area contributed by atoms with Crippen molar-refractivity contribution in [3.8, 4) is 17.2 Å². The third-order valence-corrected chi connectivity index (χ3v) is 7.50. The van der Waals surface area contributed by atoms with Gasteiger partial charge in [0.05, 0.1) is 19.1 Å². The molecule has 2 N–H and O–H groups in total. The van der Waals surface area contributed by atoms with Gasteiger partial charge in [-0.25, -0.2) is 0 Å². The number of hydrogen-bond donors (Lipinski definition) is 2. The summed E-state index contributed by atoms with van der Waals surface area (Å²) in [6.07, 6.45) is 3.05. The van der Waals surface area contributed by atoms with Crippen LogP contribution in [-0.4, -0.2) is 66.6 Å². The third kappa shape index (κ3) is 4.37. The van der Waals surface area contributed by atoms with E-state index in [9.17, 15) is 14.7 Å². The molecule has 4 aliphatic heterocycles. The normalized spacial score (nSPS) is 26.1. The average molecular weight is 495 g/mol. The van der Waals surface area contributed by atoms with Gasteiger partial charge in [0.15, 0.2) is 11.5 Å². The lowest BCUT2D eigenvalue weighted by molar-refractivity contribution is -0.149. The molecule has 6 rings (SSSR count). The monoisotopic (exact) mass is 494 g/mol. The van der Waals surface area contributed by atoms with Crippen LogP contribution in [0.2, 0.25) is 0 Å². The lowest BCUT2D eigenvalue weighted by atomic mass is 9.84. The van der Waals surface area contributed by atoms with Crippen LogP contribution in [0.1, 0.15) is 53.9 Å². The van der Waals surface area contributed by atoms with Crippen molar-refractivity contribution in [3.63, 3.8) is 0 Å². The summed E-state index contributed by atoms with van der Waals surface area (Å²) < 4.78 is 23.0. The van der Waals surface area contributed by atoms with Gasteiger partial charge in [0.1, 0.15) is 18.0 Å². The molecule has 0 aromatic heterocycles. The van der Waals surface area contributed by atoms with Crippen molar-refractivity contribution in [2.75, 3.05) is 31.8 Å². The maximum absolute atomic E-state index is 12.9. The number of anilines is 1. The molecule has 4 atom stereocenters. The molecule has 0 spiro atoms. The van der Waals surface area contributed by atoms with Gasteiger partial charge in [0, 0.05) is 35.8 Å². The number of hydrogen-bond acceptors (Lipinski definition) is 7. The van der Waals surface area contributed by atoms with E-state index in [1.165, 1.54) is 6.42 Å². The zero-order valence-corrected chi connectivity index (χ0v) is 20.0. The Morgan fingerprint density at radius 2 is 1.81 bits per heavy atom. The van der Waals surface area contributed by atoms with Gasteiger partial charge >= 0.3 is 0 Å². The van der Waals surface area contributed by atoms with Gasteiger partial charge in [-0.1, -0.05) is 0 Å². The van der Waals surface area contributed by atoms with Gasteiger partial charge in [0.2, 0.25) is 12.7 Å². The van der Waals surface area contributed by atoms with Gasteiger partial charge in [-0.15, -0.1) is 0 Å². The van der Waals surface area contributed by atoms with Crippen molar-refractivity contribution in [2.45, 2.75) is 56.3 Å². The van der Waals surface area contributed by atoms with Crippen LogP contribution >= 0.6 is 0 Å². The van der Waals surface area contributed by atoms with E-state index < -0.39 is 6.10 Å². The molecule has 4 heterocycles. The number of nitrogens with zero attached hydrogens (tertiary/aromatic N) is 1. The van der Waals surface area contributed by atoms with Crippen LogP contribution in [0, 0.1) is 0 Å². The Kier molecular flexibility index (Phi) is 6.18. The maximum atomic E-state index is 12.9. The highest BCUT2D eigenvalue weighted by atomic mass is 16.7. The van der Waals surface area contributed by atoms with Crippen molar-refractivity contribution >= 4 is 17.5 Å². The summed E-state index contributed by atoms with van der Waals surface area (Å²) in [6, 6.07) is 10.6. The first kappa shape index (κ1) is 23.1. The summed E-state index contributed by atoms with van der Waals surface area (Å²) in [5.74, 6) is 1.71. The van der Waals surface area contributed by atoms with Crippen LogP contribution in [0.5, 0.6) is 17.2 Å². The SMILES string of the molecule is O=C(Nc1ccc2c(c1)[C@H]1C[C@@H](CC(=O)N3CCCCC3)O[C@H](CO)[C@H]1O2)c1ccc2c(c1)OCO2. The highest BCUT2D eigenvalue weighted by Crippen LogP contribution is 2.47. The van der Waals surface area contributed by atoms with Gasteiger partial charge in [-0.05, 0) is 62.1 Å². The number of carbonyl (C=O) groups excluding carboxylic acids is 2. The van der Waals surface area contributed by atoms with Gasteiger partial charge in [-0.3, -0.25) is 9.59 Å². The van der Waals surface area contributed by atoms with Crippen LogP contribution < -0.4 is 19.5 Å². The number of piperidine rings is 1. The average Bonchev–Trinajstić information content (AvgIpc) is 3.52. The molecule has 0 unspecified atom stereocenters. The van der Waals surface area contributed by atoms with E-state index in [0.29, 0.717) is 35.6 Å². The van der Waals surface area contributed by atoms with E-state index >= 15 is 0 Å². The molecule has 0 radical (unpaired) electrons. The molecule has 2 aromatic carbocycles. The predicted octanol–water partition coefficient (Wildman–Crippen LogP) is 3.06. The second-order valence-corrected chi connectivity index (χ2v) is 9.82. The summed E-state index contributed by atoms with van der Waals surface area (Å²) in [7, 11) is 0. The third-order valence-electron chi connectivity index (χ3n) is 7.50. The number of aliphatic hydroxyl groups is 1. The number of benzene rings is 2. The number of aliphatic hydroxyl groups excluding tert-OH is 1. The molecule has 4 aliphatic rings. The molecule has 2 amide bonds. The molecular weight excluding hydrogens is 464 g/mol. The predicted molar refractivity (Wildman–Crippen MR) is 130 cm³/mol. The van der Waals surface area contributed by atoms with Crippen LogP contribution in [0.15, 0.2) is 36.4 Å². The number of likely N-dealkylation sites (tertiary alicyclic amines) is 1. The number of nitrogens with one attached hydrogen (secondary N) is 1. The Morgan fingerprint density at radius 1 is 1.00 bits per heavy atom. The highest BCUT2D eigenvalue weighted by molar-refractivity contribution is 6.04. The van der Waals surface area contributed by atoms with E-state index in [1.54, 1.807) is 24.3 Å². The minimum Gasteiger partial charge on any atom is -0.487 e. The Hall–Kier alpha value is -3.30. The standard InChI is InChI=1S/C27H30N2O7/c30-14-24-26-20(12-18(35-24)13-25(31)29-8-2-1-3-9-29)19-11-17(5-7-21(19)36-26)28-27(32)16-4-6-22-23(10-16)34-15-33-22/h4-7,10-11,18,20,24,26,30H,1-3,8-9,12-15H2,(H,28,32)/t18-,20+,24+,26-/m0/s1. The fourth-order valence-corrected chi connectivity index (χ4v) is 5.68. The van der Waals surface area contributed by atoms with E-state index in [1.807, 2.05) is 17.0 Å². The number of rotatable bonds is 5. The largest absolute Gasteiger partial charge is 0.487 e. The van der Waals surface area contributed by atoms with Crippen LogP contribution in [0.25, 0.3) is 0 Å². The van der Waals surface area contributed by atoms with E-state index in [2.05, 4.69) is 5.32 Å². The first-order valence-corrected chi connectivity index (χ1v) is 12.6.